The maximum atomic E-state index is 12.5. The largest absolute Gasteiger partial charge is 0.493 e. The summed E-state index contributed by atoms with van der Waals surface area (Å²) < 4.78 is 16.6. The summed E-state index contributed by atoms with van der Waals surface area (Å²) in [5.74, 6) is 3.30. The van der Waals surface area contributed by atoms with E-state index in [2.05, 4.69) is 9.97 Å². The topological polar surface area (TPSA) is 76.7 Å². The first kappa shape index (κ1) is 17.5. The number of hydrogen-bond donors (Lipinski definition) is 1. The van der Waals surface area contributed by atoms with Gasteiger partial charge in [0.25, 0.3) is 0 Å². The molecule has 0 aliphatic carbocycles. The smallest absolute Gasteiger partial charge is 0.246 e. The highest BCUT2D eigenvalue weighted by atomic mass is 16.6. The molecule has 1 amide bonds. The van der Waals surface area contributed by atoms with Gasteiger partial charge in [0.2, 0.25) is 11.7 Å². The molecular formula is C20H23N3O4. The molecule has 0 unspecified atom stereocenters. The Hall–Kier alpha value is -2.96. The summed E-state index contributed by atoms with van der Waals surface area (Å²) in [7, 11) is 1.59. The predicted octanol–water partition coefficient (Wildman–Crippen LogP) is 2.61. The summed E-state index contributed by atoms with van der Waals surface area (Å²) in [5, 5.41) is 0. The molecule has 4 rings (SSSR count). The van der Waals surface area contributed by atoms with Crippen molar-refractivity contribution < 1.29 is 19.0 Å². The predicted molar refractivity (Wildman–Crippen MR) is 100 cm³/mol. The Labute approximate surface area is 157 Å². The Morgan fingerprint density at radius 3 is 2.85 bits per heavy atom. The third-order valence-electron chi connectivity index (χ3n) is 4.98. The first-order valence-corrected chi connectivity index (χ1v) is 9.18. The third kappa shape index (κ3) is 3.77. The van der Waals surface area contributed by atoms with E-state index in [1.54, 1.807) is 25.5 Å². The lowest BCUT2D eigenvalue weighted by molar-refractivity contribution is -0.127. The molecule has 1 saturated heterocycles. The van der Waals surface area contributed by atoms with E-state index in [0.717, 1.165) is 37.3 Å². The molecule has 1 fully saturated rings. The van der Waals surface area contributed by atoms with Crippen LogP contribution in [-0.2, 0) is 4.79 Å². The fourth-order valence-corrected chi connectivity index (χ4v) is 3.54. The van der Waals surface area contributed by atoms with Gasteiger partial charge in [-0.05, 0) is 36.6 Å². The number of nitrogens with one attached hydrogen (secondary N) is 1. The van der Waals surface area contributed by atoms with Crippen LogP contribution in [0.15, 0.2) is 30.6 Å². The molecule has 2 aliphatic rings. The normalized spacial score (nSPS) is 17.3. The van der Waals surface area contributed by atoms with Crippen LogP contribution in [0.3, 0.4) is 0 Å². The zero-order valence-electron chi connectivity index (χ0n) is 15.3. The van der Waals surface area contributed by atoms with Gasteiger partial charge in [-0.25, -0.2) is 4.98 Å². The highest BCUT2D eigenvalue weighted by Crippen LogP contribution is 2.40. The molecular weight excluding hydrogens is 346 g/mol. The number of H-pyrrole nitrogens is 1. The first-order chi connectivity index (χ1) is 13.2. The number of hydrogen-bond acceptors (Lipinski definition) is 5. The summed E-state index contributed by atoms with van der Waals surface area (Å²) >= 11 is 0. The quantitative estimate of drug-likeness (QED) is 0.839. The van der Waals surface area contributed by atoms with Crippen LogP contribution >= 0.6 is 0 Å². The number of methoxy groups -OCH3 is 1. The van der Waals surface area contributed by atoms with Crippen molar-refractivity contribution in [1.29, 1.82) is 0 Å². The number of carbonyl (C=O) groups excluding carboxylic acids is 1. The number of amides is 1. The van der Waals surface area contributed by atoms with Gasteiger partial charge in [0.05, 0.1) is 7.11 Å². The van der Waals surface area contributed by atoms with E-state index in [0.29, 0.717) is 36.4 Å². The van der Waals surface area contributed by atoms with E-state index < -0.39 is 0 Å². The first-order valence-electron chi connectivity index (χ1n) is 9.18. The molecule has 0 spiro atoms. The molecule has 1 N–H and O–H groups in total. The van der Waals surface area contributed by atoms with Crippen molar-refractivity contribution in [1.82, 2.24) is 14.9 Å². The molecule has 3 heterocycles. The number of ether oxygens (including phenoxy) is 3. The van der Waals surface area contributed by atoms with Crippen LogP contribution in [0.1, 0.15) is 30.1 Å². The molecule has 142 valence electrons. The average molecular weight is 369 g/mol. The minimum Gasteiger partial charge on any atom is -0.493 e. The van der Waals surface area contributed by atoms with Gasteiger partial charge in [-0.3, -0.25) is 4.79 Å². The van der Waals surface area contributed by atoms with Gasteiger partial charge in [0.15, 0.2) is 11.5 Å². The van der Waals surface area contributed by atoms with Crippen molar-refractivity contribution in [3.63, 3.8) is 0 Å². The molecule has 7 heteroatoms. The molecule has 27 heavy (non-hydrogen) atoms. The second-order valence-corrected chi connectivity index (χ2v) is 6.65. The summed E-state index contributed by atoms with van der Waals surface area (Å²) in [5.41, 5.74) is 0.843. The van der Waals surface area contributed by atoms with Gasteiger partial charge in [-0.15, -0.1) is 0 Å². The molecule has 1 aromatic carbocycles. The number of imidazole rings is 1. The van der Waals surface area contributed by atoms with Crippen LogP contribution in [0.5, 0.6) is 17.2 Å². The minimum absolute atomic E-state index is 0.0155. The molecule has 0 radical (unpaired) electrons. The van der Waals surface area contributed by atoms with E-state index in [4.69, 9.17) is 14.2 Å². The molecule has 0 atom stereocenters. The standard InChI is InChI=1S/C20H23N3O4/c1-25-16-12-14(13-17-19(16)27-11-10-26-17)2-3-18(24)23-8-4-15(5-9-23)20-21-6-7-22-20/h2-3,6-7,12-13,15H,4-5,8-11H2,1H3,(H,21,22)/b3-2+. The van der Waals surface area contributed by atoms with Gasteiger partial charge in [0, 0.05) is 37.5 Å². The number of carbonyl (C=O) groups is 1. The van der Waals surface area contributed by atoms with Gasteiger partial charge in [0.1, 0.15) is 19.0 Å². The van der Waals surface area contributed by atoms with Crippen LogP contribution in [0, 0.1) is 0 Å². The Bertz CT molecular complexity index is 807. The average Bonchev–Trinajstić information content (AvgIpc) is 3.26. The second-order valence-electron chi connectivity index (χ2n) is 6.65. The summed E-state index contributed by atoms with van der Waals surface area (Å²) in [6.45, 7) is 2.48. The SMILES string of the molecule is COc1cc(/C=C/C(=O)N2CCC(c3ncc[nH]3)CC2)cc2c1OCCO2. The molecule has 2 aliphatic heterocycles. The zero-order valence-corrected chi connectivity index (χ0v) is 15.3. The number of benzene rings is 1. The van der Waals surface area contributed by atoms with Gasteiger partial charge in [-0.1, -0.05) is 0 Å². The molecule has 0 bridgehead atoms. The van der Waals surface area contributed by atoms with Crippen molar-refractivity contribution in [3.8, 4) is 17.2 Å². The number of aromatic nitrogens is 2. The fraction of sp³-hybridized carbons (Fsp3) is 0.400. The minimum atomic E-state index is 0.0155. The van der Waals surface area contributed by atoms with Crippen molar-refractivity contribution in [3.05, 3.63) is 42.0 Å². The van der Waals surface area contributed by atoms with Crippen molar-refractivity contribution >= 4 is 12.0 Å². The molecule has 1 aromatic heterocycles. The number of fused-ring (bicyclic) bond motifs is 1. The van der Waals surface area contributed by atoms with Crippen molar-refractivity contribution in [2.24, 2.45) is 0 Å². The summed E-state index contributed by atoms with van der Waals surface area (Å²) in [6.07, 6.45) is 8.87. The number of nitrogens with zero attached hydrogens (tertiary/aromatic N) is 2. The van der Waals surface area contributed by atoms with Crippen LogP contribution in [-0.4, -0.2) is 54.2 Å². The number of rotatable bonds is 4. The Balaban J connectivity index is 1.40. The second kappa shape index (κ2) is 7.73. The van der Waals surface area contributed by atoms with E-state index in [9.17, 15) is 4.79 Å². The highest BCUT2D eigenvalue weighted by Gasteiger charge is 2.24. The van der Waals surface area contributed by atoms with Crippen molar-refractivity contribution in [2.45, 2.75) is 18.8 Å². The van der Waals surface area contributed by atoms with Crippen LogP contribution < -0.4 is 14.2 Å². The van der Waals surface area contributed by atoms with E-state index in [1.807, 2.05) is 23.2 Å². The summed E-state index contributed by atoms with van der Waals surface area (Å²) in [6, 6.07) is 3.71. The lowest BCUT2D eigenvalue weighted by Crippen LogP contribution is -2.37. The Kier molecular flexibility index (Phi) is 5.00. The van der Waals surface area contributed by atoms with Crippen molar-refractivity contribution in [2.75, 3.05) is 33.4 Å². The lowest BCUT2D eigenvalue weighted by atomic mass is 9.96. The van der Waals surface area contributed by atoms with E-state index in [-0.39, 0.29) is 5.91 Å². The summed E-state index contributed by atoms with van der Waals surface area (Å²) in [4.78, 5) is 21.9. The monoisotopic (exact) mass is 369 g/mol. The Morgan fingerprint density at radius 2 is 2.11 bits per heavy atom. The van der Waals surface area contributed by atoms with Gasteiger partial charge < -0.3 is 24.1 Å². The molecule has 7 nitrogen and oxygen atoms in total. The Morgan fingerprint density at radius 1 is 1.30 bits per heavy atom. The van der Waals surface area contributed by atoms with Crippen LogP contribution in [0.25, 0.3) is 6.08 Å². The van der Waals surface area contributed by atoms with Gasteiger partial charge >= 0.3 is 0 Å². The molecule has 2 aromatic rings. The number of aromatic amines is 1. The van der Waals surface area contributed by atoms with Crippen LogP contribution in [0.4, 0.5) is 0 Å². The number of likely N-dealkylation sites (tertiary alicyclic amines) is 1. The van der Waals surface area contributed by atoms with Crippen LogP contribution in [0.2, 0.25) is 0 Å². The van der Waals surface area contributed by atoms with E-state index >= 15 is 0 Å². The molecule has 0 saturated carbocycles. The van der Waals surface area contributed by atoms with Gasteiger partial charge in [-0.2, -0.15) is 0 Å². The number of piperidine rings is 1. The zero-order chi connectivity index (χ0) is 18.6. The van der Waals surface area contributed by atoms with E-state index in [1.165, 1.54) is 0 Å². The maximum Gasteiger partial charge on any atom is 0.246 e. The fourth-order valence-electron chi connectivity index (χ4n) is 3.54. The highest BCUT2D eigenvalue weighted by molar-refractivity contribution is 5.92. The third-order valence-corrected chi connectivity index (χ3v) is 4.98. The maximum absolute atomic E-state index is 12.5. The lowest BCUT2D eigenvalue weighted by Gasteiger charge is -2.30.